The number of morpholine rings is 1. The third-order valence-corrected chi connectivity index (χ3v) is 5.14. The summed E-state index contributed by atoms with van der Waals surface area (Å²) < 4.78 is 11.8. The summed E-state index contributed by atoms with van der Waals surface area (Å²) in [5, 5.41) is 0.605. The maximum atomic E-state index is 12.8. The number of benzene rings is 2. The Morgan fingerprint density at radius 2 is 1.86 bits per heavy atom. The lowest BCUT2D eigenvalue weighted by Gasteiger charge is -2.42. The number of aryl methyl sites for hydroxylation is 1. The van der Waals surface area contributed by atoms with E-state index in [9.17, 15) is 9.59 Å². The molecule has 0 spiro atoms. The van der Waals surface area contributed by atoms with Gasteiger partial charge < -0.3 is 20.1 Å². The SMILES string of the molecule is NC(=O)C[C@@]1(COc2ccc(Cl)cc2)CN(C(=O)CCc2ccccc2)CCO1. The molecular formula is C22H25ClN2O4. The minimum absolute atomic E-state index is 0.0247. The predicted molar refractivity (Wildman–Crippen MR) is 111 cm³/mol. The summed E-state index contributed by atoms with van der Waals surface area (Å²) in [4.78, 5) is 26.2. The molecule has 1 aliphatic heterocycles. The number of hydrogen-bond donors (Lipinski definition) is 1. The van der Waals surface area contributed by atoms with Crippen molar-refractivity contribution in [1.29, 1.82) is 0 Å². The molecule has 1 fully saturated rings. The van der Waals surface area contributed by atoms with Gasteiger partial charge in [0, 0.05) is 18.0 Å². The summed E-state index contributed by atoms with van der Waals surface area (Å²) in [5.74, 6) is 0.134. The zero-order valence-corrected chi connectivity index (χ0v) is 16.9. The third kappa shape index (κ3) is 6.21. The summed E-state index contributed by atoms with van der Waals surface area (Å²) in [5.41, 5.74) is 5.61. The monoisotopic (exact) mass is 416 g/mol. The molecule has 0 aromatic heterocycles. The highest BCUT2D eigenvalue weighted by molar-refractivity contribution is 6.30. The molecular weight excluding hydrogens is 392 g/mol. The van der Waals surface area contributed by atoms with E-state index in [0.29, 0.717) is 36.8 Å². The smallest absolute Gasteiger partial charge is 0.223 e. The fraction of sp³-hybridized carbons (Fsp3) is 0.364. The van der Waals surface area contributed by atoms with E-state index in [4.69, 9.17) is 26.8 Å². The topological polar surface area (TPSA) is 81.9 Å². The van der Waals surface area contributed by atoms with Gasteiger partial charge in [-0.15, -0.1) is 0 Å². The average molecular weight is 417 g/mol. The van der Waals surface area contributed by atoms with Crippen molar-refractivity contribution >= 4 is 23.4 Å². The molecule has 1 aliphatic rings. The Labute approximate surface area is 175 Å². The number of carbonyl (C=O) groups is 2. The second-order valence-electron chi connectivity index (χ2n) is 7.22. The van der Waals surface area contributed by atoms with Crippen LogP contribution in [0.25, 0.3) is 0 Å². The minimum Gasteiger partial charge on any atom is -0.490 e. The number of primary amides is 1. The Kier molecular flexibility index (Phi) is 7.12. The van der Waals surface area contributed by atoms with E-state index in [1.54, 1.807) is 29.2 Å². The number of amides is 2. The summed E-state index contributed by atoms with van der Waals surface area (Å²) in [6.07, 6.45) is 1.04. The maximum absolute atomic E-state index is 12.8. The van der Waals surface area contributed by atoms with Crippen molar-refractivity contribution in [3.8, 4) is 5.75 Å². The van der Waals surface area contributed by atoms with Gasteiger partial charge in [0.15, 0.2) is 0 Å². The molecule has 7 heteroatoms. The van der Waals surface area contributed by atoms with E-state index < -0.39 is 11.5 Å². The molecule has 0 radical (unpaired) electrons. The van der Waals surface area contributed by atoms with Gasteiger partial charge in [-0.25, -0.2) is 0 Å². The van der Waals surface area contributed by atoms with Crippen molar-refractivity contribution in [3.05, 3.63) is 65.2 Å². The number of carbonyl (C=O) groups excluding carboxylic acids is 2. The molecule has 0 unspecified atom stereocenters. The first kappa shape index (κ1) is 21.1. The molecule has 6 nitrogen and oxygen atoms in total. The summed E-state index contributed by atoms with van der Waals surface area (Å²) in [6, 6.07) is 16.8. The highest BCUT2D eigenvalue weighted by atomic mass is 35.5. The molecule has 2 aromatic rings. The molecule has 2 aromatic carbocycles. The van der Waals surface area contributed by atoms with Gasteiger partial charge in [0.2, 0.25) is 11.8 Å². The molecule has 1 heterocycles. The molecule has 29 heavy (non-hydrogen) atoms. The second-order valence-corrected chi connectivity index (χ2v) is 7.65. The summed E-state index contributed by atoms with van der Waals surface area (Å²) in [7, 11) is 0. The van der Waals surface area contributed by atoms with Crippen LogP contribution in [0.2, 0.25) is 5.02 Å². The second kappa shape index (κ2) is 9.76. The van der Waals surface area contributed by atoms with Crippen molar-refractivity contribution in [2.24, 2.45) is 5.73 Å². The normalized spacial score (nSPS) is 19.0. The first-order valence-electron chi connectivity index (χ1n) is 9.58. The fourth-order valence-electron chi connectivity index (χ4n) is 3.42. The van der Waals surface area contributed by atoms with Gasteiger partial charge in [0.1, 0.15) is 18.0 Å². The Balaban J connectivity index is 1.63. The first-order chi connectivity index (χ1) is 14.0. The van der Waals surface area contributed by atoms with Crippen LogP contribution in [0.4, 0.5) is 0 Å². The van der Waals surface area contributed by atoms with Crippen molar-refractivity contribution in [2.45, 2.75) is 24.9 Å². The number of ether oxygens (including phenoxy) is 2. The molecule has 0 saturated carbocycles. The average Bonchev–Trinajstić information content (AvgIpc) is 2.72. The summed E-state index contributed by atoms with van der Waals surface area (Å²) >= 11 is 5.90. The van der Waals surface area contributed by atoms with Gasteiger partial charge in [0.25, 0.3) is 0 Å². The zero-order chi connectivity index (χ0) is 20.7. The Morgan fingerprint density at radius 1 is 1.14 bits per heavy atom. The van der Waals surface area contributed by atoms with Gasteiger partial charge in [0.05, 0.1) is 19.6 Å². The van der Waals surface area contributed by atoms with E-state index in [2.05, 4.69) is 0 Å². The van der Waals surface area contributed by atoms with Crippen molar-refractivity contribution in [1.82, 2.24) is 4.90 Å². The van der Waals surface area contributed by atoms with Crippen LogP contribution in [-0.2, 0) is 20.7 Å². The molecule has 0 aliphatic carbocycles. The van der Waals surface area contributed by atoms with Gasteiger partial charge in [-0.3, -0.25) is 9.59 Å². The number of rotatable bonds is 8. The van der Waals surface area contributed by atoms with E-state index >= 15 is 0 Å². The van der Waals surface area contributed by atoms with Crippen LogP contribution in [0.15, 0.2) is 54.6 Å². The number of hydrogen-bond acceptors (Lipinski definition) is 4. The summed E-state index contributed by atoms with van der Waals surface area (Å²) in [6.45, 7) is 1.18. The van der Waals surface area contributed by atoms with Crippen LogP contribution in [0, 0.1) is 0 Å². The Bertz CT molecular complexity index is 828. The standard InChI is InChI=1S/C22H25ClN2O4/c23-18-7-9-19(10-8-18)28-16-22(14-20(24)26)15-25(12-13-29-22)21(27)11-6-17-4-2-1-3-5-17/h1-5,7-10H,6,11-16H2,(H2,24,26)/t22-/m0/s1. The van der Waals surface area contributed by atoms with E-state index in [1.807, 2.05) is 30.3 Å². The van der Waals surface area contributed by atoms with Crippen LogP contribution >= 0.6 is 11.6 Å². The lowest BCUT2D eigenvalue weighted by molar-refractivity contribution is -0.161. The lowest BCUT2D eigenvalue weighted by Crippen LogP contribution is -2.58. The predicted octanol–water partition coefficient (Wildman–Crippen LogP) is 2.82. The quantitative estimate of drug-likeness (QED) is 0.717. The van der Waals surface area contributed by atoms with Crippen LogP contribution < -0.4 is 10.5 Å². The van der Waals surface area contributed by atoms with Gasteiger partial charge in [-0.05, 0) is 36.2 Å². The van der Waals surface area contributed by atoms with E-state index in [1.165, 1.54) is 0 Å². The molecule has 2 amide bonds. The molecule has 1 atom stereocenters. The van der Waals surface area contributed by atoms with E-state index in [-0.39, 0.29) is 25.5 Å². The van der Waals surface area contributed by atoms with Gasteiger partial charge >= 0.3 is 0 Å². The molecule has 154 valence electrons. The largest absolute Gasteiger partial charge is 0.490 e. The van der Waals surface area contributed by atoms with Gasteiger partial charge in [-0.2, -0.15) is 0 Å². The first-order valence-corrected chi connectivity index (χ1v) is 9.96. The van der Waals surface area contributed by atoms with Crippen molar-refractivity contribution in [2.75, 3.05) is 26.3 Å². The third-order valence-electron chi connectivity index (χ3n) is 4.88. The lowest BCUT2D eigenvalue weighted by atomic mass is 9.97. The highest BCUT2D eigenvalue weighted by Gasteiger charge is 2.40. The van der Waals surface area contributed by atoms with E-state index in [0.717, 1.165) is 5.56 Å². The van der Waals surface area contributed by atoms with Crippen molar-refractivity contribution in [3.63, 3.8) is 0 Å². The van der Waals surface area contributed by atoms with Crippen LogP contribution in [0.1, 0.15) is 18.4 Å². The van der Waals surface area contributed by atoms with Crippen molar-refractivity contribution < 1.29 is 19.1 Å². The molecule has 2 N–H and O–H groups in total. The highest BCUT2D eigenvalue weighted by Crippen LogP contribution is 2.25. The van der Waals surface area contributed by atoms with Crippen LogP contribution in [0.5, 0.6) is 5.75 Å². The number of halogens is 1. The Morgan fingerprint density at radius 3 is 2.55 bits per heavy atom. The Hall–Kier alpha value is -2.57. The minimum atomic E-state index is -0.966. The molecule has 0 bridgehead atoms. The molecule has 3 rings (SSSR count). The van der Waals surface area contributed by atoms with Crippen LogP contribution in [0.3, 0.4) is 0 Å². The fourth-order valence-corrected chi connectivity index (χ4v) is 3.55. The zero-order valence-electron chi connectivity index (χ0n) is 16.2. The van der Waals surface area contributed by atoms with Crippen LogP contribution in [-0.4, -0.2) is 48.6 Å². The maximum Gasteiger partial charge on any atom is 0.223 e. The van der Waals surface area contributed by atoms with Gasteiger partial charge in [-0.1, -0.05) is 41.9 Å². The number of nitrogens with two attached hydrogens (primary N) is 1. The molecule has 1 saturated heterocycles. The number of nitrogens with zero attached hydrogens (tertiary/aromatic N) is 1.